The van der Waals surface area contributed by atoms with Crippen molar-refractivity contribution in [3.63, 3.8) is 0 Å². The summed E-state index contributed by atoms with van der Waals surface area (Å²) in [5, 5.41) is 8.14. The monoisotopic (exact) mass is 347 g/mol. The van der Waals surface area contributed by atoms with Gasteiger partial charge in [0.2, 0.25) is 0 Å². The Bertz CT molecular complexity index is 727. The molecule has 7 heteroatoms. The highest BCUT2D eigenvalue weighted by atomic mass is 32.1. The number of carbonyl (C=O) groups is 1. The van der Waals surface area contributed by atoms with Crippen molar-refractivity contribution in [2.45, 2.75) is 26.7 Å². The molecule has 1 saturated heterocycles. The Hall–Kier alpha value is -1.73. The second kappa shape index (κ2) is 6.64. The van der Waals surface area contributed by atoms with Crippen molar-refractivity contribution >= 4 is 17.2 Å². The topological polar surface area (TPSA) is 63.1 Å². The van der Waals surface area contributed by atoms with Gasteiger partial charge >= 0.3 is 0 Å². The van der Waals surface area contributed by atoms with Gasteiger partial charge in [-0.3, -0.25) is 9.48 Å². The standard InChI is InChI=1S/C17H25N5OS/c1-12-14(24-16(20-12)13-9-19-22(4)10-13)15(23)18-11-17(2)5-7-21(3)8-6-17/h9-10H,5-8,11H2,1-4H3,(H,18,23). The first-order chi connectivity index (χ1) is 11.4. The molecule has 0 aromatic carbocycles. The van der Waals surface area contributed by atoms with Crippen LogP contribution in [0, 0.1) is 12.3 Å². The van der Waals surface area contributed by atoms with Crippen LogP contribution < -0.4 is 5.32 Å². The molecular formula is C17H25N5OS. The molecule has 1 aliphatic heterocycles. The summed E-state index contributed by atoms with van der Waals surface area (Å²) in [6.45, 7) is 7.07. The summed E-state index contributed by atoms with van der Waals surface area (Å²) in [7, 11) is 4.03. The Labute approximate surface area is 146 Å². The molecule has 0 unspecified atom stereocenters. The van der Waals surface area contributed by atoms with E-state index in [1.165, 1.54) is 11.3 Å². The second-order valence-electron chi connectivity index (χ2n) is 7.13. The first kappa shape index (κ1) is 17.1. The van der Waals surface area contributed by atoms with Gasteiger partial charge in [0.05, 0.1) is 11.9 Å². The molecule has 0 saturated carbocycles. The molecule has 1 N–H and O–H groups in total. The number of thiazole rings is 1. The van der Waals surface area contributed by atoms with Crippen molar-refractivity contribution in [2.75, 3.05) is 26.7 Å². The summed E-state index contributed by atoms with van der Waals surface area (Å²) < 4.78 is 1.74. The molecular weight excluding hydrogens is 322 g/mol. The minimum atomic E-state index is -0.0136. The van der Waals surface area contributed by atoms with Crippen LogP contribution in [0.15, 0.2) is 12.4 Å². The van der Waals surface area contributed by atoms with E-state index in [-0.39, 0.29) is 11.3 Å². The van der Waals surface area contributed by atoms with Crippen LogP contribution in [0.3, 0.4) is 0 Å². The molecule has 0 radical (unpaired) electrons. The lowest BCUT2D eigenvalue weighted by atomic mass is 9.80. The third-order valence-corrected chi connectivity index (χ3v) is 6.03. The number of piperidine rings is 1. The largest absolute Gasteiger partial charge is 0.351 e. The third kappa shape index (κ3) is 3.67. The van der Waals surface area contributed by atoms with Crippen molar-refractivity contribution < 1.29 is 4.79 Å². The third-order valence-electron chi connectivity index (χ3n) is 4.82. The maximum atomic E-state index is 12.6. The average Bonchev–Trinajstić information content (AvgIpc) is 3.14. The lowest BCUT2D eigenvalue weighted by Crippen LogP contribution is -2.43. The highest BCUT2D eigenvalue weighted by molar-refractivity contribution is 7.17. The van der Waals surface area contributed by atoms with E-state index < -0.39 is 0 Å². The fraction of sp³-hybridized carbons (Fsp3) is 0.588. The van der Waals surface area contributed by atoms with Crippen molar-refractivity contribution in [1.29, 1.82) is 0 Å². The molecule has 6 nitrogen and oxygen atoms in total. The lowest BCUT2D eigenvalue weighted by Gasteiger charge is -2.37. The smallest absolute Gasteiger partial charge is 0.263 e. The average molecular weight is 347 g/mol. The Morgan fingerprint density at radius 3 is 2.71 bits per heavy atom. The summed E-state index contributed by atoms with van der Waals surface area (Å²) in [4.78, 5) is 20.2. The van der Waals surface area contributed by atoms with Crippen molar-refractivity contribution in [3.05, 3.63) is 23.0 Å². The van der Waals surface area contributed by atoms with Crippen LogP contribution in [0.4, 0.5) is 0 Å². The number of likely N-dealkylation sites (tertiary alicyclic amines) is 1. The second-order valence-corrected chi connectivity index (χ2v) is 8.13. The molecule has 2 aromatic rings. The minimum Gasteiger partial charge on any atom is -0.351 e. The van der Waals surface area contributed by atoms with E-state index in [0.29, 0.717) is 4.88 Å². The highest BCUT2D eigenvalue weighted by Gasteiger charge is 2.29. The fourth-order valence-corrected chi connectivity index (χ4v) is 3.93. The molecule has 0 aliphatic carbocycles. The van der Waals surface area contributed by atoms with Gasteiger partial charge in [-0.25, -0.2) is 4.98 Å². The van der Waals surface area contributed by atoms with E-state index in [1.54, 1.807) is 10.9 Å². The number of nitrogens with one attached hydrogen (secondary N) is 1. The summed E-state index contributed by atoms with van der Waals surface area (Å²) in [6, 6.07) is 0. The van der Waals surface area contributed by atoms with Crippen LogP contribution in [0.25, 0.3) is 10.6 Å². The van der Waals surface area contributed by atoms with Gasteiger partial charge in [0.15, 0.2) is 0 Å². The van der Waals surface area contributed by atoms with Crippen LogP contribution in [0.5, 0.6) is 0 Å². The molecule has 3 heterocycles. The van der Waals surface area contributed by atoms with Crippen molar-refractivity contribution in [2.24, 2.45) is 12.5 Å². The molecule has 1 amide bonds. The quantitative estimate of drug-likeness (QED) is 0.922. The number of hydrogen-bond donors (Lipinski definition) is 1. The number of amides is 1. The van der Waals surface area contributed by atoms with Crippen LogP contribution in [-0.4, -0.2) is 52.3 Å². The summed E-state index contributed by atoms with van der Waals surface area (Å²) in [6.07, 6.45) is 5.93. The highest BCUT2D eigenvalue weighted by Crippen LogP contribution is 2.30. The zero-order valence-corrected chi connectivity index (χ0v) is 15.6. The Balaban J connectivity index is 1.66. The predicted molar refractivity (Wildman–Crippen MR) is 96.2 cm³/mol. The molecule has 0 atom stereocenters. The van der Waals surface area contributed by atoms with Crippen LogP contribution in [0.1, 0.15) is 35.1 Å². The number of carbonyl (C=O) groups excluding carboxylic acids is 1. The van der Waals surface area contributed by atoms with Crippen LogP contribution in [0.2, 0.25) is 0 Å². The van der Waals surface area contributed by atoms with E-state index >= 15 is 0 Å². The molecule has 130 valence electrons. The zero-order chi connectivity index (χ0) is 17.3. The first-order valence-corrected chi connectivity index (χ1v) is 9.11. The number of aromatic nitrogens is 3. The number of aryl methyl sites for hydroxylation is 2. The molecule has 0 bridgehead atoms. The fourth-order valence-electron chi connectivity index (χ4n) is 2.97. The number of rotatable bonds is 4. The molecule has 1 aliphatic rings. The van der Waals surface area contributed by atoms with E-state index in [1.807, 2.05) is 20.2 Å². The van der Waals surface area contributed by atoms with Crippen LogP contribution in [-0.2, 0) is 7.05 Å². The van der Waals surface area contributed by atoms with Crippen molar-refractivity contribution in [1.82, 2.24) is 25.0 Å². The zero-order valence-electron chi connectivity index (χ0n) is 14.8. The summed E-state index contributed by atoms with van der Waals surface area (Å²) in [5.74, 6) is -0.0136. The number of hydrogen-bond acceptors (Lipinski definition) is 5. The number of nitrogens with zero attached hydrogens (tertiary/aromatic N) is 4. The maximum Gasteiger partial charge on any atom is 0.263 e. The minimum absolute atomic E-state index is 0.0136. The van der Waals surface area contributed by atoms with E-state index in [0.717, 1.165) is 48.7 Å². The van der Waals surface area contributed by atoms with Gasteiger partial charge in [-0.2, -0.15) is 5.10 Å². The Morgan fingerprint density at radius 2 is 2.08 bits per heavy atom. The lowest BCUT2D eigenvalue weighted by molar-refractivity contribution is 0.0894. The molecule has 3 rings (SSSR count). The Morgan fingerprint density at radius 1 is 1.38 bits per heavy atom. The van der Waals surface area contributed by atoms with Gasteiger partial charge in [0, 0.05) is 25.4 Å². The molecule has 24 heavy (non-hydrogen) atoms. The van der Waals surface area contributed by atoms with Gasteiger partial charge in [0.25, 0.3) is 5.91 Å². The van der Waals surface area contributed by atoms with E-state index in [9.17, 15) is 4.79 Å². The van der Waals surface area contributed by atoms with Gasteiger partial charge in [-0.05, 0) is 45.3 Å². The Kier molecular flexibility index (Phi) is 4.73. The predicted octanol–water partition coefficient (Wildman–Crippen LogP) is 2.31. The summed E-state index contributed by atoms with van der Waals surface area (Å²) in [5.41, 5.74) is 1.92. The SMILES string of the molecule is Cc1nc(-c2cnn(C)c2)sc1C(=O)NCC1(C)CCN(C)CC1. The van der Waals surface area contributed by atoms with Gasteiger partial charge in [0.1, 0.15) is 9.88 Å². The van der Waals surface area contributed by atoms with E-state index in [4.69, 9.17) is 0 Å². The maximum absolute atomic E-state index is 12.6. The van der Waals surface area contributed by atoms with Crippen LogP contribution >= 0.6 is 11.3 Å². The van der Waals surface area contributed by atoms with Gasteiger partial charge in [-0.15, -0.1) is 11.3 Å². The first-order valence-electron chi connectivity index (χ1n) is 8.29. The molecule has 2 aromatic heterocycles. The van der Waals surface area contributed by atoms with Crippen molar-refractivity contribution in [3.8, 4) is 10.6 Å². The molecule has 1 fully saturated rings. The van der Waals surface area contributed by atoms with E-state index in [2.05, 4.69) is 34.3 Å². The van der Waals surface area contributed by atoms with Gasteiger partial charge < -0.3 is 10.2 Å². The molecule has 0 spiro atoms. The van der Waals surface area contributed by atoms with Gasteiger partial charge in [-0.1, -0.05) is 6.92 Å². The normalized spacial score (nSPS) is 17.8. The summed E-state index contributed by atoms with van der Waals surface area (Å²) >= 11 is 1.44.